The number of esters is 1. The number of alkyl halides is 3. The van der Waals surface area contributed by atoms with Gasteiger partial charge in [0.15, 0.2) is 6.61 Å². The Morgan fingerprint density at radius 1 is 0.943 bits per heavy atom. The van der Waals surface area contributed by atoms with Crippen molar-refractivity contribution in [1.29, 1.82) is 0 Å². The minimum Gasteiger partial charge on any atom is -0.452 e. The van der Waals surface area contributed by atoms with Crippen molar-refractivity contribution in [2.75, 3.05) is 11.9 Å². The SMILES string of the molecule is O=C(COC(=O)c1cc(-c2ccc(Cl)cc2Cl)nc2ccccc12)Nc1ccccc1C(F)(F)F. The molecule has 0 saturated carbocycles. The van der Waals surface area contributed by atoms with E-state index in [1.54, 1.807) is 36.4 Å². The second-order valence-electron chi connectivity index (χ2n) is 7.36. The fourth-order valence-electron chi connectivity index (χ4n) is 3.41. The largest absolute Gasteiger partial charge is 0.452 e. The Morgan fingerprint density at radius 2 is 1.66 bits per heavy atom. The molecule has 4 rings (SSSR count). The topological polar surface area (TPSA) is 68.3 Å². The number of fused-ring (bicyclic) bond motifs is 1. The average Bonchev–Trinajstić information content (AvgIpc) is 2.81. The van der Waals surface area contributed by atoms with Crippen LogP contribution in [0.4, 0.5) is 18.9 Å². The molecule has 0 unspecified atom stereocenters. The van der Waals surface area contributed by atoms with E-state index >= 15 is 0 Å². The summed E-state index contributed by atoms with van der Waals surface area (Å²) in [5.74, 6) is -1.77. The van der Waals surface area contributed by atoms with Gasteiger partial charge in [-0.15, -0.1) is 0 Å². The van der Waals surface area contributed by atoms with Crippen molar-refractivity contribution in [3.63, 3.8) is 0 Å². The molecule has 1 N–H and O–H groups in total. The zero-order chi connectivity index (χ0) is 25.2. The van der Waals surface area contributed by atoms with Crippen LogP contribution in [0.3, 0.4) is 0 Å². The number of para-hydroxylation sites is 2. The number of ether oxygens (including phenoxy) is 1. The molecule has 0 saturated heterocycles. The molecule has 10 heteroatoms. The lowest BCUT2D eigenvalue weighted by molar-refractivity contribution is -0.137. The Labute approximate surface area is 207 Å². The normalized spacial score (nSPS) is 11.3. The highest BCUT2D eigenvalue weighted by Gasteiger charge is 2.33. The summed E-state index contributed by atoms with van der Waals surface area (Å²) in [6.07, 6.45) is -4.66. The molecule has 178 valence electrons. The number of benzene rings is 3. The molecule has 5 nitrogen and oxygen atoms in total. The van der Waals surface area contributed by atoms with E-state index in [1.807, 2.05) is 0 Å². The van der Waals surface area contributed by atoms with Crippen LogP contribution in [0.5, 0.6) is 0 Å². The molecule has 35 heavy (non-hydrogen) atoms. The van der Waals surface area contributed by atoms with Crippen molar-refractivity contribution in [1.82, 2.24) is 4.98 Å². The number of hydrogen-bond acceptors (Lipinski definition) is 4. The van der Waals surface area contributed by atoms with E-state index < -0.39 is 35.9 Å². The minimum absolute atomic E-state index is 0.111. The van der Waals surface area contributed by atoms with Crippen LogP contribution >= 0.6 is 23.2 Å². The van der Waals surface area contributed by atoms with Crippen molar-refractivity contribution < 1.29 is 27.5 Å². The van der Waals surface area contributed by atoms with E-state index in [-0.39, 0.29) is 5.56 Å². The lowest BCUT2D eigenvalue weighted by Crippen LogP contribution is -2.23. The molecule has 0 atom stereocenters. The van der Waals surface area contributed by atoms with Crippen LogP contribution in [0.1, 0.15) is 15.9 Å². The first-order valence-corrected chi connectivity index (χ1v) is 10.9. The summed E-state index contributed by atoms with van der Waals surface area (Å²) in [7, 11) is 0. The number of carbonyl (C=O) groups excluding carboxylic acids is 2. The number of amides is 1. The first-order chi connectivity index (χ1) is 16.6. The standard InChI is InChI=1S/C25H15Cl2F3N2O3/c26-14-9-10-16(19(27)11-14)22-12-17(15-5-1-3-7-20(15)31-22)24(34)35-13-23(33)32-21-8-4-2-6-18(21)25(28,29)30/h1-12H,13H2,(H,32,33). The van der Waals surface area contributed by atoms with E-state index in [9.17, 15) is 22.8 Å². The molecule has 4 aromatic rings. The Balaban J connectivity index is 1.58. The second-order valence-corrected chi connectivity index (χ2v) is 8.21. The highest BCUT2D eigenvalue weighted by Crippen LogP contribution is 2.35. The smallest absolute Gasteiger partial charge is 0.418 e. The Kier molecular flexibility index (Phi) is 6.95. The van der Waals surface area contributed by atoms with Crippen molar-refractivity contribution >= 4 is 51.7 Å². The Hall–Kier alpha value is -3.62. The molecule has 0 aliphatic carbocycles. The summed E-state index contributed by atoms with van der Waals surface area (Å²) in [4.78, 5) is 29.7. The van der Waals surface area contributed by atoms with Gasteiger partial charge in [0, 0.05) is 16.0 Å². The van der Waals surface area contributed by atoms with Crippen LogP contribution in [0.2, 0.25) is 10.0 Å². The molecule has 0 fully saturated rings. The number of anilines is 1. The number of hydrogen-bond donors (Lipinski definition) is 1. The molecule has 1 aromatic heterocycles. The molecule has 1 heterocycles. The number of carbonyl (C=O) groups is 2. The van der Waals surface area contributed by atoms with Gasteiger partial charge in [0.25, 0.3) is 5.91 Å². The number of pyridine rings is 1. The van der Waals surface area contributed by atoms with Gasteiger partial charge >= 0.3 is 12.1 Å². The lowest BCUT2D eigenvalue weighted by Gasteiger charge is -2.14. The van der Waals surface area contributed by atoms with Gasteiger partial charge in [-0.25, -0.2) is 9.78 Å². The maximum Gasteiger partial charge on any atom is 0.418 e. The minimum atomic E-state index is -4.66. The fraction of sp³-hybridized carbons (Fsp3) is 0.0800. The van der Waals surface area contributed by atoms with E-state index in [0.29, 0.717) is 32.2 Å². The zero-order valence-electron chi connectivity index (χ0n) is 17.7. The first kappa shape index (κ1) is 24.5. The van der Waals surface area contributed by atoms with Crippen molar-refractivity contribution in [3.8, 4) is 11.3 Å². The third kappa shape index (κ3) is 5.55. The van der Waals surface area contributed by atoms with Crippen LogP contribution < -0.4 is 5.32 Å². The molecular weight excluding hydrogens is 504 g/mol. The number of rotatable bonds is 5. The van der Waals surface area contributed by atoms with Crippen LogP contribution in [-0.4, -0.2) is 23.5 Å². The summed E-state index contributed by atoms with van der Waals surface area (Å²) >= 11 is 12.3. The Bertz CT molecular complexity index is 1440. The quantitative estimate of drug-likeness (QED) is 0.288. The molecule has 3 aromatic carbocycles. The maximum atomic E-state index is 13.2. The summed E-state index contributed by atoms with van der Waals surface area (Å²) in [5.41, 5.74) is 0.0456. The van der Waals surface area contributed by atoms with Crippen LogP contribution in [0, 0.1) is 0 Å². The van der Waals surface area contributed by atoms with Gasteiger partial charge in [-0.1, -0.05) is 53.5 Å². The number of nitrogens with zero attached hydrogens (tertiary/aromatic N) is 1. The zero-order valence-corrected chi connectivity index (χ0v) is 19.2. The van der Waals surface area contributed by atoms with E-state index in [4.69, 9.17) is 27.9 Å². The number of nitrogens with one attached hydrogen (secondary N) is 1. The molecule has 0 bridgehead atoms. The van der Waals surface area contributed by atoms with Crippen LogP contribution in [0.15, 0.2) is 72.8 Å². The highest BCUT2D eigenvalue weighted by atomic mass is 35.5. The van der Waals surface area contributed by atoms with Gasteiger partial charge in [-0.2, -0.15) is 13.2 Å². The van der Waals surface area contributed by atoms with E-state index in [2.05, 4.69) is 10.3 Å². The summed E-state index contributed by atoms with van der Waals surface area (Å²) in [6.45, 7) is -0.793. The predicted octanol–water partition coefficient (Wildman–Crippen LogP) is 7.02. The van der Waals surface area contributed by atoms with Gasteiger partial charge in [-0.3, -0.25) is 4.79 Å². The van der Waals surface area contributed by atoms with Crippen molar-refractivity contribution in [2.24, 2.45) is 0 Å². The molecule has 0 aliphatic rings. The molecule has 0 aliphatic heterocycles. The summed E-state index contributed by atoms with van der Waals surface area (Å²) < 4.78 is 44.6. The number of halogens is 5. The third-order valence-corrected chi connectivity index (χ3v) is 5.53. The number of aromatic nitrogens is 1. The van der Waals surface area contributed by atoms with Crippen LogP contribution in [-0.2, 0) is 15.7 Å². The lowest BCUT2D eigenvalue weighted by atomic mass is 10.0. The summed E-state index contributed by atoms with van der Waals surface area (Å²) in [6, 6.07) is 17.6. The first-order valence-electron chi connectivity index (χ1n) is 10.1. The Morgan fingerprint density at radius 3 is 2.40 bits per heavy atom. The van der Waals surface area contributed by atoms with Crippen LogP contribution in [0.25, 0.3) is 22.2 Å². The predicted molar refractivity (Wildman–Crippen MR) is 128 cm³/mol. The fourth-order valence-corrected chi connectivity index (χ4v) is 3.92. The van der Waals surface area contributed by atoms with Gasteiger partial charge in [0.05, 0.1) is 33.0 Å². The molecule has 0 radical (unpaired) electrons. The van der Waals surface area contributed by atoms with Gasteiger partial charge < -0.3 is 10.1 Å². The second kappa shape index (κ2) is 9.93. The van der Waals surface area contributed by atoms with Gasteiger partial charge in [0.1, 0.15) is 0 Å². The third-order valence-electron chi connectivity index (χ3n) is 4.98. The van der Waals surface area contributed by atoms with E-state index in [1.165, 1.54) is 24.3 Å². The van der Waals surface area contributed by atoms with E-state index in [0.717, 1.165) is 12.1 Å². The molecule has 0 spiro atoms. The van der Waals surface area contributed by atoms with Crippen molar-refractivity contribution in [2.45, 2.75) is 6.18 Å². The average molecular weight is 519 g/mol. The molecular formula is C25H15Cl2F3N2O3. The van der Waals surface area contributed by atoms with Gasteiger partial charge in [0.2, 0.25) is 0 Å². The highest BCUT2D eigenvalue weighted by molar-refractivity contribution is 6.36. The van der Waals surface area contributed by atoms with Crippen molar-refractivity contribution in [3.05, 3.63) is 94.0 Å². The maximum absolute atomic E-state index is 13.2. The monoisotopic (exact) mass is 518 g/mol. The molecule has 1 amide bonds. The van der Waals surface area contributed by atoms with Gasteiger partial charge in [-0.05, 0) is 42.5 Å². The summed E-state index contributed by atoms with van der Waals surface area (Å²) in [5, 5.41) is 3.35.